The molecule has 0 atom stereocenters. The Morgan fingerprint density at radius 1 is 1.13 bits per heavy atom. The molecule has 4 heteroatoms. The molecule has 0 spiro atoms. The number of carbonyl (C=O) groups is 1. The van der Waals surface area contributed by atoms with Gasteiger partial charge in [-0.05, 0) is 22.9 Å². The van der Waals surface area contributed by atoms with Gasteiger partial charge in [-0.15, -0.1) is 0 Å². The zero-order valence-corrected chi connectivity index (χ0v) is 9.39. The third kappa shape index (κ3) is 2.22. The summed E-state index contributed by atoms with van der Waals surface area (Å²) in [6.07, 6.45) is 0. The van der Waals surface area contributed by atoms with E-state index in [1.807, 2.05) is 18.2 Å². The molecule has 2 rings (SSSR count). The number of aromatic carboxylic acids is 1. The van der Waals surface area contributed by atoms with Crippen LogP contribution in [0.4, 0.5) is 0 Å². The predicted octanol–water partition coefficient (Wildman–Crippen LogP) is 2.09. The normalized spacial score (nSPS) is 9.60. The molecule has 0 aromatic heterocycles. The van der Waals surface area contributed by atoms with Gasteiger partial charge in [0.05, 0.1) is 0 Å². The van der Waals surface area contributed by atoms with E-state index in [2.05, 4.69) is 0 Å². The molecule has 0 unspecified atom stereocenters. The molecule has 15 heavy (non-hydrogen) atoms. The van der Waals surface area contributed by atoms with Crippen molar-refractivity contribution in [2.24, 2.45) is 0 Å². The van der Waals surface area contributed by atoms with E-state index in [9.17, 15) is 9.90 Å². The molecule has 0 amide bonds. The van der Waals surface area contributed by atoms with Crippen LogP contribution in [0.3, 0.4) is 0 Å². The van der Waals surface area contributed by atoms with E-state index in [1.165, 1.54) is 12.1 Å². The monoisotopic (exact) mass is 214 g/mol. The third-order valence-corrected chi connectivity index (χ3v) is 2.09. The topological polar surface area (TPSA) is 57.5 Å². The van der Waals surface area contributed by atoms with Crippen molar-refractivity contribution in [3.8, 4) is 5.75 Å². The molecule has 0 fully saturated rings. The van der Waals surface area contributed by atoms with Gasteiger partial charge in [0, 0.05) is 0 Å². The van der Waals surface area contributed by atoms with E-state index in [0.717, 1.165) is 10.8 Å². The Bertz CT molecular complexity index is 517. The predicted molar refractivity (Wildman–Crippen MR) is 60.6 cm³/mol. The van der Waals surface area contributed by atoms with E-state index in [1.54, 1.807) is 6.07 Å². The number of aromatic hydroxyl groups is 1. The molecule has 0 aliphatic heterocycles. The van der Waals surface area contributed by atoms with Gasteiger partial charge in [-0.1, -0.05) is 24.3 Å². The number of phenols is 1. The van der Waals surface area contributed by atoms with Crippen molar-refractivity contribution in [3.63, 3.8) is 0 Å². The summed E-state index contributed by atoms with van der Waals surface area (Å²) < 4.78 is 0. The fraction of sp³-hybridized carbons (Fsp3) is 0. The summed E-state index contributed by atoms with van der Waals surface area (Å²) in [5.74, 6) is -1.32. The van der Waals surface area contributed by atoms with Crippen molar-refractivity contribution >= 4 is 39.8 Å². The molecule has 74 valence electrons. The fourth-order valence-electron chi connectivity index (χ4n) is 1.40. The summed E-state index contributed by atoms with van der Waals surface area (Å²) in [5, 5.41) is 19.8. The SMILES string of the molecule is O=C(O)c1cc2ccccc2cc1O.[H-].[H-].[Mg+2]. The number of hydrogen-bond donors (Lipinski definition) is 2. The molecule has 0 radical (unpaired) electrons. The van der Waals surface area contributed by atoms with Crippen LogP contribution in [0.2, 0.25) is 0 Å². The first-order chi connectivity index (χ1) is 6.68. The van der Waals surface area contributed by atoms with Gasteiger partial charge in [0.15, 0.2) is 0 Å². The third-order valence-electron chi connectivity index (χ3n) is 2.09. The minimum absolute atomic E-state index is 0. The zero-order chi connectivity index (χ0) is 10.1. The quantitative estimate of drug-likeness (QED) is 0.715. The molecular formula is C11H10MgO3. The molecule has 2 aromatic carbocycles. The maximum Gasteiger partial charge on any atom is 2.00 e. The molecule has 3 nitrogen and oxygen atoms in total. The van der Waals surface area contributed by atoms with Gasteiger partial charge in [-0.3, -0.25) is 0 Å². The van der Waals surface area contributed by atoms with Gasteiger partial charge in [0.25, 0.3) is 0 Å². The average Bonchev–Trinajstić information content (AvgIpc) is 2.16. The number of fused-ring (bicyclic) bond motifs is 1. The summed E-state index contributed by atoms with van der Waals surface area (Å²) in [7, 11) is 0. The minimum Gasteiger partial charge on any atom is -1.00 e. The van der Waals surface area contributed by atoms with Crippen LogP contribution >= 0.6 is 0 Å². The van der Waals surface area contributed by atoms with E-state index in [-0.39, 0.29) is 37.2 Å². The van der Waals surface area contributed by atoms with Crippen LogP contribution in [-0.4, -0.2) is 39.2 Å². The largest absolute Gasteiger partial charge is 2.00 e. The van der Waals surface area contributed by atoms with E-state index < -0.39 is 5.97 Å². The first kappa shape index (κ1) is 11.8. The van der Waals surface area contributed by atoms with Crippen molar-refractivity contribution in [3.05, 3.63) is 42.0 Å². The van der Waals surface area contributed by atoms with Crippen molar-refractivity contribution in [1.82, 2.24) is 0 Å². The van der Waals surface area contributed by atoms with Crippen molar-refractivity contribution in [1.29, 1.82) is 0 Å². The Morgan fingerprint density at radius 2 is 1.67 bits per heavy atom. The zero-order valence-electron chi connectivity index (χ0n) is 9.97. The molecule has 0 saturated heterocycles. The maximum atomic E-state index is 10.7. The van der Waals surface area contributed by atoms with Gasteiger partial charge >= 0.3 is 29.0 Å². The Kier molecular flexibility index (Phi) is 3.55. The molecule has 0 bridgehead atoms. The molecule has 2 N–H and O–H groups in total. The van der Waals surface area contributed by atoms with Crippen LogP contribution in [0.5, 0.6) is 5.75 Å². The van der Waals surface area contributed by atoms with Gasteiger partial charge in [0.1, 0.15) is 11.3 Å². The Labute approximate surface area is 105 Å². The molecule has 0 aliphatic carbocycles. The van der Waals surface area contributed by atoms with E-state index in [0.29, 0.717) is 0 Å². The standard InChI is InChI=1S/C11H8O3.Mg.2H/c12-10-6-8-4-2-1-3-7(8)5-9(10)11(13)14;;;/h1-6,12H,(H,13,14);;;/q;+2;2*-1. The smallest absolute Gasteiger partial charge is 1.00 e. The van der Waals surface area contributed by atoms with Crippen LogP contribution in [0.1, 0.15) is 13.2 Å². The molecule has 2 aromatic rings. The van der Waals surface area contributed by atoms with Gasteiger partial charge in [-0.25, -0.2) is 4.79 Å². The van der Waals surface area contributed by atoms with Crippen molar-refractivity contribution in [2.45, 2.75) is 0 Å². The van der Waals surface area contributed by atoms with Crippen LogP contribution in [0.15, 0.2) is 36.4 Å². The van der Waals surface area contributed by atoms with Crippen molar-refractivity contribution in [2.75, 3.05) is 0 Å². The van der Waals surface area contributed by atoms with Crippen LogP contribution in [0.25, 0.3) is 10.8 Å². The Morgan fingerprint density at radius 3 is 2.20 bits per heavy atom. The minimum atomic E-state index is -1.12. The summed E-state index contributed by atoms with van der Waals surface area (Å²) in [6.45, 7) is 0. The van der Waals surface area contributed by atoms with Gasteiger partial charge in [-0.2, -0.15) is 0 Å². The first-order valence-corrected chi connectivity index (χ1v) is 4.13. The number of carboxylic acids is 1. The Balaban J connectivity index is 0. The van der Waals surface area contributed by atoms with Gasteiger partial charge in [0.2, 0.25) is 0 Å². The number of hydrogen-bond acceptors (Lipinski definition) is 2. The summed E-state index contributed by atoms with van der Waals surface area (Å²) in [4.78, 5) is 10.7. The van der Waals surface area contributed by atoms with Crippen LogP contribution in [-0.2, 0) is 0 Å². The second-order valence-electron chi connectivity index (χ2n) is 3.02. The van der Waals surface area contributed by atoms with Gasteiger partial charge < -0.3 is 13.1 Å². The Hall–Kier alpha value is -1.26. The number of carboxylic acid groups (broad SMARTS) is 1. The fourth-order valence-corrected chi connectivity index (χ4v) is 1.40. The average molecular weight is 215 g/mol. The van der Waals surface area contributed by atoms with E-state index in [4.69, 9.17) is 5.11 Å². The van der Waals surface area contributed by atoms with Crippen LogP contribution < -0.4 is 0 Å². The number of benzene rings is 2. The summed E-state index contributed by atoms with van der Waals surface area (Å²) in [6, 6.07) is 10.2. The first-order valence-electron chi connectivity index (χ1n) is 4.13. The summed E-state index contributed by atoms with van der Waals surface area (Å²) in [5.41, 5.74) is -0.0660. The van der Waals surface area contributed by atoms with E-state index >= 15 is 0 Å². The maximum absolute atomic E-state index is 10.7. The van der Waals surface area contributed by atoms with Crippen LogP contribution in [0, 0.1) is 0 Å². The second-order valence-corrected chi connectivity index (χ2v) is 3.02. The molecule has 0 heterocycles. The molecular weight excluding hydrogens is 204 g/mol. The summed E-state index contributed by atoms with van der Waals surface area (Å²) >= 11 is 0. The molecule has 0 saturated carbocycles. The number of rotatable bonds is 1. The second kappa shape index (κ2) is 4.50. The van der Waals surface area contributed by atoms with Crippen molar-refractivity contribution < 1.29 is 17.9 Å². The molecule has 0 aliphatic rings.